The Morgan fingerprint density at radius 1 is 0.966 bits per heavy atom. The molecule has 0 radical (unpaired) electrons. The average molecular weight is 395 g/mol. The van der Waals surface area contributed by atoms with Gasteiger partial charge in [-0.3, -0.25) is 9.59 Å². The highest BCUT2D eigenvalue weighted by atomic mass is 19.1. The summed E-state index contributed by atoms with van der Waals surface area (Å²) in [5, 5.41) is 0. The van der Waals surface area contributed by atoms with Crippen molar-refractivity contribution in [1.82, 2.24) is 0 Å². The highest BCUT2D eigenvalue weighted by Crippen LogP contribution is 2.23. The maximum atomic E-state index is 13.2. The Morgan fingerprint density at radius 3 is 2.34 bits per heavy atom. The van der Waals surface area contributed by atoms with E-state index in [2.05, 4.69) is 24.3 Å². The first-order chi connectivity index (χ1) is 14.1. The minimum Gasteiger partial charge on any atom is -0.324 e. The van der Waals surface area contributed by atoms with E-state index in [0.717, 1.165) is 32.4 Å². The fourth-order valence-electron chi connectivity index (χ4n) is 4.74. The number of quaternary nitrogens is 1. The number of benzene rings is 2. The second-order valence-electron chi connectivity index (χ2n) is 8.28. The number of nitrogens with zero attached hydrogens (tertiary/aromatic N) is 1. The lowest BCUT2D eigenvalue weighted by atomic mass is 9.90. The van der Waals surface area contributed by atoms with Crippen LogP contribution in [-0.2, 0) is 16.0 Å². The maximum Gasteiger partial charge on any atom is 0.292 e. The van der Waals surface area contributed by atoms with Gasteiger partial charge in [0.25, 0.3) is 5.91 Å². The molecule has 0 spiro atoms. The fourth-order valence-corrected chi connectivity index (χ4v) is 4.74. The van der Waals surface area contributed by atoms with Gasteiger partial charge < -0.3 is 4.90 Å². The molecule has 0 aromatic heterocycles. The lowest BCUT2D eigenvalue weighted by Crippen LogP contribution is -3.17. The van der Waals surface area contributed by atoms with Crippen LogP contribution in [0.1, 0.15) is 37.7 Å². The molecule has 2 fully saturated rings. The van der Waals surface area contributed by atoms with Crippen molar-refractivity contribution in [3.63, 3.8) is 0 Å². The number of hydrogen-bond acceptors (Lipinski definition) is 2. The summed E-state index contributed by atoms with van der Waals surface area (Å²) in [5.41, 5.74) is 1.87. The van der Waals surface area contributed by atoms with Crippen molar-refractivity contribution in [2.75, 3.05) is 18.0 Å². The zero-order valence-corrected chi connectivity index (χ0v) is 16.6. The van der Waals surface area contributed by atoms with Crippen molar-refractivity contribution >= 4 is 17.5 Å². The number of piperidine rings is 1. The third-order valence-electron chi connectivity index (χ3n) is 6.39. The minimum absolute atomic E-state index is 0.140. The minimum atomic E-state index is -0.371. The largest absolute Gasteiger partial charge is 0.324 e. The van der Waals surface area contributed by atoms with Crippen LogP contribution in [0, 0.1) is 11.7 Å². The normalized spacial score (nSPS) is 24.9. The zero-order chi connectivity index (χ0) is 20.2. The van der Waals surface area contributed by atoms with E-state index in [9.17, 15) is 14.0 Å². The molecule has 2 aliphatic rings. The summed E-state index contributed by atoms with van der Waals surface area (Å²) in [6.07, 6.45) is 6.02. The Morgan fingerprint density at radius 2 is 1.66 bits per heavy atom. The Labute approximate surface area is 171 Å². The Balaban J connectivity index is 1.28. The van der Waals surface area contributed by atoms with E-state index in [1.807, 2.05) is 6.07 Å². The molecule has 2 heterocycles. The van der Waals surface area contributed by atoms with Crippen LogP contribution in [0.2, 0.25) is 0 Å². The van der Waals surface area contributed by atoms with Gasteiger partial charge in [0.1, 0.15) is 5.82 Å². The number of likely N-dealkylation sites (tertiary alicyclic amines) is 1. The molecule has 4 nitrogen and oxygen atoms in total. The number of amides is 2. The van der Waals surface area contributed by atoms with E-state index in [-0.39, 0.29) is 30.1 Å². The van der Waals surface area contributed by atoms with Crippen molar-refractivity contribution in [3.8, 4) is 0 Å². The Bertz CT molecular complexity index is 845. The summed E-state index contributed by atoms with van der Waals surface area (Å²) in [6, 6.07) is 15.9. The van der Waals surface area contributed by atoms with Crippen LogP contribution in [0.3, 0.4) is 0 Å². The number of aryl methyl sites for hydroxylation is 1. The van der Waals surface area contributed by atoms with Gasteiger partial charge in [0.15, 0.2) is 6.04 Å². The van der Waals surface area contributed by atoms with Crippen molar-refractivity contribution in [2.24, 2.45) is 5.92 Å². The van der Waals surface area contributed by atoms with E-state index in [1.54, 1.807) is 0 Å². The number of nitrogens with one attached hydrogen (secondary N) is 1. The maximum absolute atomic E-state index is 13.2. The van der Waals surface area contributed by atoms with E-state index in [0.29, 0.717) is 11.6 Å². The van der Waals surface area contributed by atoms with Gasteiger partial charge in [-0.2, -0.15) is 0 Å². The molecule has 1 N–H and O–H groups in total. The van der Waals surface area contributed by atoms with Crippen LogP contribution in [0.5, 0.6) is 0 Å². The highest BCUT2D eigenvalue weighted by Gasteiger charge is 2.46. The van der Waals surface area contributed by atoms with Gasteiger partial charge in [0, 0.05) is 0 Å². The number of anilines is 1. The van der Waals surface area contributed by atoms with E-state index < -0.39 is 0 Å². The van der Waals surface area contributed by atoms with Crippen molar-refractivity contribution < 1.29 is 18.9 Å². The van der Waals surface area contributed by atoms with Gasteiger partial charge in [0.05, 0.1) is 25.2 Å². The molecule has 29 heavy (non-hydrogen) atoms. The zero-order valence-electron chi connectivity index (χ0n) is 16.6. The van der Waals surface area contributed by atoms with Crippen molar-refractivity contribution in [1.29, 1.82) is 0 Å². The molecular weight excluding hydrogens is 367 g/mol. The van der Waals surface area contributed by atoms with Crippen LogP contribution in [-0.4, -0.2) is 30.9 Å². The molecule has 0 bridgehead atoms. The monoisotopic (exact) mass is 395 g/mol. The van der Waals surface area contributed by atoms with Gasteiger partial charge in [-0.05, 0) is 67.9 Å². The van der Waals surface area contributed by atoms with Gasteiger partial charge in [-0.15, -0.1) is 0 Å². The first-order valence-electron chi connectivity index (χ1n) is 10.6. The van der Waals surface area contributed by atoms with Crippen LogP contribution < -0.4 is 9.80 Å². The second-order valence-corrected chi connectivity index (χ2v) is 8.28. The van der Waals surface area contributed by atoms with Crippen LogP contribution in [0.25, 0.3) is 0 Å². The molecule has 0 aliphatic carbocycles. The van der Waals surface area contributed by atoms with E-state index in [1.165, 1.54) is 52.5 Å². The average Bonchev–Trinajstić information content (AvgIpc) is 3.04. The van der Waals surface area contributed by atoms with Gasteiger partial charge in [-0.25, -0.2) is 9.29 Å². The molecular formula is C24H28FN2O2+. The fraction of sp³-hybridized carbons (Fsp3) is 0.417. The van der Waals surface area contributed by atoms with E-state index in [4.69, 9.17) is 0 Å². The summed E-state index contributed by atoms with van der Waals surface area (Å²) in [6.45, 7) is 1.88. The van der Waals surface area contributed by atoms with Gasteiger partial charge in [-0.1, -0.05) is 30.3 Å². The SMILES string of the molecule is O=C1C[C@H]([NH+]2CCC(CCCc3ccccc3)CC2)C(=O)N1c1ccc(F)cc1. The van der Waals surface area contributed by atoms with Gasteiger partial charge in [0.2, 0.25) is 5.91 Å². The standard InChI is InChI=1S/C24H27FN2O2/c25-20-9-11-21(12-10-20)27-23(28)17-22(24(27)29)26-15-13-19(14-16-26)8-4-7-18-5-2-1-3-6-18/h1-3,5-6,9-12,19,22H,4,7-8,13-17H2/p+1/t22-/m0/s1. The van der Waals surface area contributed by atoms with Crippen molar-refractivity contribution in [3.05, 3.63) is 66.0 Å². The molecule has 2 aromatic carbocycles. The third-order valence-corrected chi connectivity index (χ3v) is 6.39. The Kier molecular flexibility index (Phi) is 6.05. The quantitative estimate of drug-likeness (QED) is 0.765. The second kappa shape index (κ2) is 8.87. The molecule has 2 aromatic rings. The molecule has 0 saturated carbocycles. The summed E-state index contributed by atoms with van der Waals surface area (Å²) in [7, 11) is 0. The molecule has 1 atom stereocenters. The number of rotatable bonds is 6. The number of carbonyl (C=O) groups is 2. The summed E-state index contributed by atoms with van der Waals surface area (Å²) >= 11 is 0. The number of halogens is 1. The lowest BCUT2D eigenvalue weighted by molar-refractivity contribution is -0.920. The number of imide groups is 1. The topological polar surface area (TPSA) is 41.8 Å². The first kappa shape index (κ1) is 19.8. The molecule has 2 saturated heterocycles. The molecule has 2 amide bonds. The Hall–Kier alpha value is -2.53. The summed E-state index contributed by atoms with van der Waals surface area (Å²) < 4.78 is 13.2. The predicted octanol–water partition coefficient (Wildman–Crippen LogP) is 2.78. The third kappa shape index (κ3) is 4.56. The smallest absolute Gasteiger partial charge is 0.292 e. The highest BCUT2D eigenvalue weighted by molar-refractivity contribution is 6.21. The van der Waals surface area contributed by atoms with Crippen molar-refractivity contribution in [2.45, 2.75) is 44.6 Å². The van der Waals surface area contributed by atoms with E-state index >= 15 is 0 Å². The van der Waals surface area contributed by atoms with Gasteiger partial charge >= 0.3 is 0 Å². The first-order valence-corrected chi connectivity index (χ1v) is 10.6. The molecule has 2 aliphatic heterocycles. The molecule has 5 heteroatoms. The van der Waals surface area contributed by atoms with Crippen LogP contribution >= 0.6 is 0 Å². The lowest BCUT2D eigenvalue weighted by Gasteiger charge is -2.32. The molecule has 152 valence electrons. The molecule has 4 rings (SSSR count). The summed E-state index contributed by atoms with van der Waals surface area (Å²) in [4.78, 5) is 27.8. The summed E-state index contributed by atoms with van der Waals surface area (Å²) in [5.74, 6) is 0.0236. The van der Waals surface area contributed by atoms with Crippen LogP contribution in [0.4, 0.5) is 10.1 Å². The number of carbonyl (C=O) groups excluding carboxylic acids is 2. The number of hydrogen-bond donors (Lipinski definition) is 1. The predicted molar refractivity (Wildman–Crippen MR) is 110 cm³/mol. The van der Waals surface area contributed by atoms with Crippen LogP contribution in [0.15, 0.2) is 54.6 Å². The molecule has 0 unspecified atom stereocenters.